The van der Waals surface area contributed by atoms with Crippen LogP contribution in [0.4, 0.5) is 17.1 Å². The van der Waals surface area contributed by atoms with E-state index in [1.165, 1.54) is 0 Å². The van der Waals surface area contributed by atoms with E-state index in [2.05, 4.69) is 17.6 Å². The van der Waals surface area contributed by atoms with Gasteiger partial charge in [-0.25, -0.2) is 0 Å². The number of nitrogen functional groups attached to an aromatic ring is 1. The van der Waals surface area contributed by atoms with Gasteiger partial charge in [-0.1, -0.05) is 6.92 Å². The van der Waals surface area contributed by atoms with E-state index in [-0.39, 0.29) is 12.5 Å². The number of carbonyl (C=O) groups is 1. The second-order valence-corrected chi connectivity index (χ2v) is 4.67. The van der Waals surface area contributed by atoms with Crippen LogP contribution in [0.1, 0.15) is 19.8 Å². The van der Waals surface area contributed by atoms with Gasteiger partial charge in [0.2, 0.25) is 0 Å². The molecule has 20 heavy (non-hydrogen) atoms. The van der Waals surface area contributed by atoms with Crippen molar-refractivity contribution in [3.05, 3.63) is 12.1 Å². The van der Waals surface area contributed by atoms with Crippen molar-refractivity contribution in [1.29, 1.82) is 0 Å². The molecule has 110 valence electrons. The first kappa shape index (κ1) is 14.5. The van der Waals surface area contributed by atoms with Crippen LogP contribution in [-0.4, -0.2) is 32.3 Å². The predicted octanol–water partition coefficient (Wildman–Crippen LogP) is 1.83. The number of ether oxygens (including phenoxy) is 2. The van der Waals surface area contributed by atoms with E-state index in [4.69, 9.17) is 15.2 Å². The molecule has 0 saturated heterocycles. The standard InChI is InChI=1S/C14H21N3O3/c1-2-5-19-6-3-4-16-11-8-12-13(7-10(11)15)20-9-14(18)17-12/h7-8,16H,2-6,9,15H2,1H3,(H,17,18). The largest absolute Gasteiger partial charge is 0.482 e. The van der Waals surface area contributed by atoms with Gasteiger partial charge in [0, 0.05) is 25.8 Å². The van der Waals surface area contributed by atoms with Crippen molar-refractivity contribution in [3.63, 3.8) is 0 Å². The van der Waals surface area contributed by atoms with Crippen molar-refractivity contribution >= 4 is 23.0 Å². The van der Waals surface area contributed by atoms with Crippen LogP contribution in [-0.2, 0) is 9.53 Å². The first-order chi connectivity index (χ1) is 9.70. The number of amides is 1. The molecule has 1 aromatic carbocycles. The molecule has 1 amide bonds. The lowest BCUT2D eigenvalue weighted by Gasteiger charge is -2.20. The summed E-state index contributed by atoms with van der Waals surface area (Å²) in [5.74, 6) is 0.458. The lowest BCUT2D eigenvalue weighted by Crippen LogP contribution is -2.25. The van der Waals surface area contributed by atoms with E-state index in [1.807, 2.05) is 0 Å². The third-order valence-corrected chi connectivity index (χ3v) is 2.91. The monoisotopic (exact) mass is 279 g/mol. The number of hydrogen-bond donors (Lipinski definition) is 3. The number of nitrogens with two attached hydrogens (primary N) is 1. The van der Waals surface area contributed by atoms with E-state index >= 15 is 0 Å². The van der Waals surface area contributed by atoms with Gasteiger partial charge in [0.15, 0.2) is 6.61 Å². The molecule has 1 aromatic rings. The van der Waals surface area contributed by atoms with Crippen LogP contribution in [0.25, 0.3) is 0 Å². The number of benzene rings is 1. The molecule has 6 nitrogen and oxygen atoms in total. The van der Waals surface area contributed by atoms with Gasteiger partial charge in [-0.3, -0.25) is 4.79 Å². The van der Waals surface area contributed by atoms with Crippen molar-refractivity contribution in [1.82, 2.24) is 0 Å². The van der Waals surface area contributed by atoms with Gasteiger partial charge in [-0.05, 0) is 18.9 Å². The molecular weight excluding hydrogens is 258 g/mol. The Labute approximate surface area is 118 Å². The molecule has 0 atom stereocenters. The first-order valence-corrected chi connectivity index (χ1v) is 6.88. The van der Waals surface area contributed by atoms with E-state index in [0.29, 0.717) is 17.1 Å². The fourth-order valence-corrected chi connectivity index (χ4v) is 1.94. The van der Waals surface area contributed by atoms with Crippen LogP contribution in [0.2, 0.25) is 0 Å². The molecule has 2 rings (SSSR count). The molecule has 4 N–H and O–H groups in total. The van der Waals surface area contributed by atoms with E-state index < -0.39 is 0 Å². The molecule has 0 spiro atoms. The molecular formula is C14H21N3O3. The Balaban J connectivity index is 1.88. The highest BCUT2D eigenvalue weighted by atomic mass is 16.5. The Morgan fingerprint density at radius 1 is 1.45 bits per heavy atom. The molecule has 0 radical (unpaired) electrons. The van der Waals surface area contributed by atoms with E-state index in [1.54, 1.807) is 12.1 Å². The summed E-state index contributed by atoms with van der Waals surface area (Å²) in [5, 5.41) is 6.00. The number of nitrogens with one attached hydrogen (secondary N) is 2. The van der Waals surface area contributed by atoms with Gasteiger partial charge in [-0.15, -0.1) is 0 Å². The summed E-state index contributed by atoms with van der Waals surface area (Å²) in [6, 6.07) is 3.53. The number of hydrogen-bond acceptors (Lipinski definition) is 5. The molecule has 0 fully saturated rings. The van der Waals surface area contributed by atoms with Crippen LogP contribution < -0.4 is 21.1 Å². The molecule has 0 aliphatic carbocycles. The summed E-state index contributed by atoms with van der Waals surface area (Å²) in [5.41, 5.74) is 8.01. The predicted molar refractivity (Wildman–Crippen MR) is 79.2 cm³/mol. The summed E-state index contributed by atoms with van der Waals surface area (Å²) < 4.78 is 10.7. The second kappa shape index (κ2) is 7.00. The SMILES string of the molecule is CCCOCCCNc1cc2c(cc1N)OCC(=O)N2. The maximum absolute atomic E-state index is 11.3. The summed E-state index contributed by atoms with van der Waals surface area (Å²) in [4.78, 5) is 11.3. The van der Waals surface area contributed by atoms with Crippen molar-refractivity contribution in [2.45, 2.75) is 19.8 Å². The fourth-order valence-electron chi connectivity index (χ4n) is 1.94. The van der Waals surface area contributed by atoms with Crippen LogP contribution in [0.5, 0.6) is 5.75 Å². The highest BCUT2D eigenvalue weighted by Crippen LogP contribution is 2.35. The Hall–Kier alpha value is -1.95. The minimum Gasteiger partial charge on any atom is -0.482 e. The van der Waals surface area contributed by atoms with Gasteiger partial charge < -0.3 is 25.8 Å². The van der Waals surface area contributed by atoms with Crippen molar-refractivity contribution in [2.75, 3.05) is 42.7 Å². The first-order valence-electron chi connectivity index (χ1n) is 6.88. The molecule has 0 aromatic heterocycles. The van der Waals surface area contributed by atoms with Crippen molar-refractivity contribution < 1.29 is 14.3 Å². The number of rotatable bonds is 7. The molecule has 6 heteroatoms. The molecule has 0 saturated carbocycles. The highest BCUT2D eigenvalue weighted by Gasteiger charge is 2.17. The van der Waals surface area contributed by atoms with E-state index in [0.717, 1.165) is 38.3 Å². The highest BCUT2D eigenvalue weighted by molar-refractivity contribution is 5.97. The van der Waals surface area contributed by atoms with Gasteiger partial charge in [0.05, 0.1) is 17.1 Å². The van der Waals surface area contributed by atoms with E-state index in [9.17, 15) is 4.79 Å². The summed E-state index contributed by atoms with van der Waals surface area (Å²) in [6.45, 7) is 4.41. The number of fused-ring (bicyclic) bond motifs is 1. The van der Waals surface area contributed by atoms with Gasteiger partial charge in [0.1, 0.15) is 5.75 Å². The summed E-state index contributed by atoms with van der Waals surface area (Å²) >= 11 is 0. The third kappa shape index (κ3) is 3.77. The second-order valence-electron chi connectivity index (χ2n) is 4.67. The van der Waals surface area contributed by atoms with Gasteiger partial charge >= 0.3 is 0 Å². The summed E-state index contributed by atoms with van der Waals surface area (Å²) in [6.07, 6.45) is 1.93. The van der Waals surface area contributed by atoms with Crippen LogP contribution in [0.3, 0.4) is 0 Å². The normalized spacial score (nSPS) is 13.3. The minimum absolute atomic E-state index is 0.0357. The average molecular weight is 279 g/mol. The average Bonchev–Trinajstić information content (AvgIpc) is 2.43. The molecule has 1 heterocycles. The Kier molecular flexibility index (Phi) is 5.06. The number of anilines is 3. The molecule has 0 unspecified atom stereocenters. The lowest BCUT2D eigenvalue weighted by molar-refractivity contribution is -0.118. The van der Waals surface area contributed by atoms with Crippen LogP contribution >= 0.6 is 0 Å². The topological polar surface area (TPSA) is 85.6 Å². The maximum Gasteiger partial charge on any atom is 0.262 e. The quantitative estimate of drug-likeness (QED) is 0.523. The van der Waals surface area contributed by atoms with Gasteiger partial charge in [0.25, 0.3) is 5.91 Å². The maximum atomic E-state index is 11.3. The van der Waals surface area contributed by atoms with Crippen LogP contribution in [0.15, 0.2) is 12.1 Å². The zero-order valence-electron chi connectivity index (χ0n) is 11.7. The zero-order chi connectivity index (χ0) is 14.4. The lowest BCUT2D eigenvalue weighted by atomic mass is 10.2. The zero-order valence-corrected chi connectivity index (χ0v) is 11.7. The minimum atomic E-state index is -0.152. The van der Waals surface area contributed by atoms with Crippen molar-refractivity contribution in [2.24, 2.45) is 0 Å². The molecule has 0 bridgehead atoms. The smallest absolute Gasteiger partial charge is 0.262 e. The van der Waals surface area contributed by atoms with Gasteiger partial charge in [-0.2, -0.15) is 0 Å². The molecule has 1 aliphatic rings. The van der Waals surface area contributed by atoms with Crippen molar-refractivity contribution in [3.8, 4) is 5.75 Å². The Bertz CT molecular complexity index is 477. The van der Waals surface area contributed by atoms with Crippen LogP contribution in [0, 0.1) is 0 Å². The third-order valence-electron chi connectivity index (χ3n) is 2.91. The summed E-state index contributed by atoms with van der Waals surface area (Å²) in [7, 11) is 0. The number of carbonyl (C=O) groups excluding carboxylic acids is 1. The molecule has 1 aliphatic heterocycles. The Morgan fingerprint density at radius 3 is 3.10 bits per heavy atom. The Morgan fingerprint density at radius 2 is 2.30 bits per heavy atom. The fraction of sp³-hybridized carbons (Fsp3) is 0.500.